The maximum Gasteiger partial charge on any atom is 0.219 e. The van der Waals surface area contributed by atoms with Gasteiger partial charge in [0.1, 0.15) is 5.78 Å². The Labute approximate surface area is 199 Å². The van der Waals surface area contributed by atoms with Crippen molar-refractivity contribution in [2.24, 2.45) is 23.5 Å². The first-order chi connectivity index (χ1) is 15.1. The summed E-state index contributed by atoms with van der Waals surface area (Å²) in [6.45, 7) is 15.4. The maximum atomic E-state index is 11.5. The first-order valence-electron chi connectivity index (χ1n) is 13.0. The van der Waals surface area contributed by atoms with Crippen LogP contribution in [0.15, 0.2) is 0 Å². The van der Waals surface area contributed by atoms with E-state index >= 15 is 0 Å². The number of nitrogens with two attached hydrogens (primary N) is 1. The molecular formula is C27H55NO4. The average molecular weight is 458 g/mol. The van der Waals surface area contributed by atoms with Crippen LogP contribution in [0.2, 0.25) is 0 Å². The average Bonchev–Trinajstić information content (AvgIpc) is 2.79. The van der Waals surface area contributed by atoms with Crippen LogP contribution >= 0.6 is 0 Å². The molecule has 0 spiro atoms. The van der Waals surface area contributed by atoms with E-state index in [1.54, 1.807) is 7.11 Å². The van der Waals surface area contributed by atoms with E-state index in [2.05, 4.69) is 0 Å². The number of hydrogen-bond acceptors (Lipinski definition) is 4. The van der Waals surface area contributed by atoms with Gasteiger partial charge in [-0.3, -0.25) is 9.59 Å². The molecule has 0 saturated heterocycles. The van der Waals surface area contributed by atoms with Crippen LogP contribution in [0.1, 0.15) is 119 Å². The van der Waals surface area contributed by atoms with Gasteiger partial charge in [-0.25, -0.2) is 0 Å². The van der Waals surface area contributed by atoms with Gasteiger partial charge in [0.25, 0.3) is 0 Å². The summed E-state index contributed by atoms with van der Waals surface area (Å²) in [6.07, 6.45) is 13.1. The van der Waals surface area contributed by atoms with Crippen LogP contribution in [0, 0.1) is 17.8 Å². The van der Waals surface area contributed by atoms with E-state index in [4.69, 9.17) is 15.2 Å². The van der Waals surface area contributed by atoms with E-state index in [1.165, 1.54) is 51.4 Å². The molecule has 32 heavy (non-hydrogen) atoms. The minimum Gasteiger partial charge on any atom is -0.381 e. The second-order valence-corrected chi connectivity index (χ2v) is 10.0. The standard InChI is InChI=1S/C10H19NO2.C10H18O.C5H12O.C2H6/c11-10(12)6-7-13-8-9-4-2-1-3-5-9;1-8(2)10(11)9-6-4-3-5-7-9;1-5(2,3)6-4;1-2/h9H,1-8H2,(H2,11,12);8-9H,3-7H2,1-2H3;1-4H3;1-2H3. The van der Waals surface area contributed by atoms with Gasteiger partial charge in [-0.2, -0.15) is 0 Å². The lowest BCUT2D eigenvalue weighted by molar-refractivity contribution is -0.126. The summed E-state index contributed by atoms with van der Waals surface area (Å²) in [5.41, 5.74) is 5.03. The summed E-state index contributed by atoms with van der Waals surface area (Å²) in [5, 5.41) is 0. The van der Waals surface area contributed by atoms with Crippen LogP contribution < -0.4 is 5.73 Å². The van der Waals surface area contributed by atoms with Gasteiger partial charge in [0.15, 0.2) is 0 Å². The second-order valence-electron chi connectivity index (χ2n) is 10.0. The molecule has 5 heteroatoms. The molecule has 0 unspecified atom stereocenters. The Hall–Kier alpha value is -0.940. The van der Waals surface area contributed by atoms with E-state index < -0.39 is 0 Å². The third kappa shape index (κ3) is 20.9. The van der Waals surface area contributed by atoms with Crippen molar-refractivity contribution in [1.29, 1.82) is 0 Å². The van der Waals surface area contributed by atoms with Crippen molar-refractivity contribution >= 4 is 11.7 Å². The molecule has 0 bridgehead atoms. The van der Waals surface area contributed by atoms with Crippen molar-refractivity contribution in [2.75, 3.05) is 20.3 Å². The zero-order valence-corrected chi connectivity index (χ0v) is 22.6. The van der Waals surface area contributed by atoms with Crippen LogP contribution in [0.3, 0.4) is 0 Å². The Balaban J connectivity index is 0. The number of rotatable bonds is 7. The highest BCUT2D eigenvalue weighted by Crippen LogP contribution is 2.26. The highest BCUT2D eigenvalue weighted by atomic mass is 16.5. The minimum atomic E-state index is -0.274. The van der Waals surface area contributed by atoms with E-state index in [0.717, 1.165) is 25.4 Å². The molecular weight excluding hydrogens is 402 g/mol. The van der Waals surface area contributed by atoms with Crippen molar-refractivity contribution < 1.29 is 19.1 Å². The van der Waals surface area contributed by atoms with Gasteiger partial charge in [-0.1, -0.05) is 66.2 Å². The highest BCUT2D eigenvalue weighted by Gasteiger charge is 2.22. The number of hydrogen-bond donors (Lipinski definition) is 1. The molecule has 2 saturated carbocycles. The normalized spacial score (nSPS) is 17.2. The summed E-state index contributed by atoms with van der Waals surface area (Å²) in [4.78, 5) is 21.9. The number of Topliss-reactive ketones (excluding diaryl/α,β-unsaturated/α-hetero) is 1. The molecule has 2 N–H and O–H groups in total. The van der Waals surface area contributed by atoms with Crippen molar-refractivity contribution in [2.45, 2.75) is 125 Å². The first-order valence-corrected chi connectivity index (χ1v) is 13.0. The Bertz CT molecular complexity index is 445. The number of ketones is 1. The van der Waals surface area contributed by atoms with Crippen LogP contribution in [-0.2, 0) is 19.1 Å². The quantitative estimate of drug-likeness (QED) is 0.431. The number of carbonyl (C=O) groups excluding carboxylic acids is 2. The van der Waals surface area contributed by atoms with Gasteiger partial charge < -0.3 is 15.2 Å². The number of primary amides is 1. The first kappa shape index (κ1) is 33.2. The molecule has 5 nitrogen and oxygen atoms in total. The fourth-order valence-corrected chi connectivity index (χ4v) is 3.64. The van der Waals surface area contributed by atoms with E-state index in [1.807, 2.05) is 48.5 Å². The van der Waals surface area contributed by atoms with Gasteiger partial charge in [-0.15, -0.1) is 0 Å². The van der Waals surface area contributed by atoms with Crippen molar-refractivity contribution in [3.05, 3.63) is 0 Å². The van der Waals surface area contributed by atoms with E-state index in [0.29, 0.717) is 24.7 Å². The Morgan fingerprint density at radius 2 is 1.34 bits per heavy atom. The largest absolute Gasteiger partial charge is 0.381 e. The molecule has 0 aromatic heterocycles. The lowest BCUT2D eigenvalue weighted by Gasteiger charge is -2.21. The highest BCUT2D eigenvalue weighted by molar-refractivity contribution is 5.82. The van der Waals surface area contributed by atoms with Gasteiger partial charge in [0.2, 0.25) is 5.91 Å². The van der Waals surface area contributed by atoms with Crippen LogP contribution in [0.4, 0.5) is 0 Å². The number of carbonyl (C=O) groups is 2. The molecule has 0 aliphatic heterocycles. The zero-order chi connectivity index (χ0) is 25.0. The van der Waals surface area contributed by atoms with Crippen molar-refractivity contribution in [1.82, 2.24) is 0 Å². The lowest BCUT2D eigenvalue weighted by atomic mass is 9.83. The molecule has 0 radical (unpaired) electrons. The summed E-state index contributed by atoms with van der Waals surface area (Å²) in [5.74, 6) is 1.59. The fraction of sp³-hybridized carbons (Fsp3) is 0.926. The van der Waals surface area contributed by atoms with Gasteiger partial charge in [0.05, 0.1) is 12.2 Å². The summed E-state index contributed by atoms with van der Waals surface area (Å²) in [6, 6.07) is 0. The topological polar surface area (TPSA) is 78.6 Å². The molecule has 2 aliphatic rings. The van der Waals surface area contributed by atoms with Crippen LogP contribution in [0.5, 0.6) is 0 Å². The number of amides is 1. The minimum absolute atomic E-state index is 0.0417. The number of methoxy groups -OCH3 is 1. The molecule has 1 amide bonds. The van der Waals surface area contributed by atoms with Gasteiger partial charge in [-0.05, 0) is 52.4 Å². The molecule has 2 rings (SSSR count). The fourth-order valence-electron chi connectivity index (χ4n) is 3.64. The molecule has 0 heterocycles. The van der Waals surface area contributed by atoms with E-state index in [9.17, 15) is 9.59 Å². The maximum absolute atomic E-state index is 11.5. The van der Waals surface area contributed by atoms with Crippen molar-refractivity contribution in [3.63, 3.8) is 0 Å². The van der Waals surface area contributed by atoms with Crippen molar-refractivity contribution in [3.8, 4) is 0 Å². The van der Waals surface area contributed by atoms with E-state index in [-0.39, 0.29) is 17.4 Å². The molecule has 0 aromatic rings. The van der Waals surface area contributed by atoms with Gasteiger partial charge in [0, 0.05) is 32.0 Å². The SMILES string of the molecule is CC.CC(C)C(=O)C1CCCCC1.COC(C)(C)C.NC(=O)CCOCC1CCCCC1. The summed E-state index contributed by atoms with van der Waals surface area (Å²) >= 11 is 0. The molecule has 0 atom stereocenters. The smallest absolute Gasteiger partial charge is 0.219 e. The van der Waals surface area contributed by atoms with Crippen LogP contribution in [0.25, 0.3) is 0 Å². The Morgan fingerprint density at radius 3 is 1.72 bits per heavy atom. The third-order valence-corrected chi connectivity index (χ3v) is 5.76. The van der Waals surface area contributed by atoms with Crippen LogP contribution in [-0.4, -0.2) is 37.6 Å². The molecule has 2 fully saturated rings. The molecule has 2 aliphatic carbocycles. The summed E-state index contributed by atoms with van der Waals surface area (Å²) < 4.78 is 10.3. The van der Waals surface area contributed by atoms with Gasteiger partial charge >= 0.3 is 0 Å². The zero-order valence-electron chi connectivity index (χ0n) is 22.6. The second kappa shape index (κ2) is 20.7. The third-order valence-electron chi connectivity index (χ3n) is 5.76. The monoisotopic (exact) mass is 457 g/mol. The predicted octanol–water partition coefficient (Wildman–Crippen LogP) is 6.71. The predicted molar refractivity (Wildman–Crippen MR) is 136 cm³/mol. The Kier molecular flexibility index (Phi) is 21.4. The molecule has 0 aromatic carbocycles. The summed E-state index contributed by atoms with van der Waals surface area (Å²) in [7, 11) is 1.71. The number of ether oxygens (including phenoxy) is 2. The Morgan fingerprint density at radius 1 is 0.906 bits per heavy atom. The lowest BCUT2D eigenvalue weighted by Crippen LogP contribution is -2.21. The molecule has 192 valence electrons.